The molecule has 1 aliphatic heterocycles. The van der Waals surface area contributed by atoms with E-state index in [2.05, 4.69) is 5.32 Å². The lowest BCUT2D eigenvalue weighted by Crippen LogP contribution is -2.55. The van der Waals surface area contributed by atoms with Crippen LogP contribution < -0.4 is 5.32 Å². The fourth-order valence-corrected chi connectivity index (χ4v) is 1.90. The third kappa shape index (κ3) is 3.38. The van der Waals surface area contributed by atoms with Gasteiger partial charge in [-0.3, -0.25) is 0 Å². The lowest BCUT2D eigenvalue weighted by Gasteiger charge is -2.34. The van der Waals surface area contributed by atoms with Crippen molar-refractivity contribution in [1.82, 2.24) is 5.32 Å². The van der Waals surface area contributed by atoms with E-state index in [9.17, 15) is 18.7 Å². The Morgan fingerprint density at radius 3 is 2.44 bits per heavy atom. The Kier molecular flexibility index (Phi) is 4.33. The van der Waals surface area contributed by atoms with E-state index in [-0.39, 0.29) is 19.4 Å². The lowest BCUT2D eigenvalue weighted by atomic mass is 9.87. The summed E-state index contributed by atoms with van der Waals surface area (Å²) in [5, 5.41) is 13.0. The highest BCUT2D eigenvalue weighted by atomic mass is 19.3. The Bertz CT molecular complexity index is 305. The lowest BCUT2D eigenvalue weighted by molar-refractivity contribution is -0.224. The van der Waals surface area contributed by atoms with Gasteiger partial charge in [0, 0.05) is 0 Å². The van der Waals surface area contributed by atoms with Gasteiger partial charge in [-0.25, -0.2) is 4.79 Å². The number of hydrogen-bond donors (Lipinski definition) is 2. The van der Waals surface area contributed by atoms with Crippen LogP contribution in [0.1, 0.15) is 40.0 Å². The molecule has 0 aromatic carbocycles. The average Bonchev–Trinajstić information content (AvgIpc) is 2.41. The van der Waals surface area contributed by atoms with E-state index in [4.69, 9.17) is 4.74 Å². The zero-order valence-corrected chi connectivity index (χ0v) is 11.1. The maximum absolute atomic E-state index is 14.0. The van der Waals surface area contributed by atoms with Gasteiger partial charge in [0.05, 0.1) is 0 Å². The molecule has 1 heterocycles. The topological polar surface area (TPSA) is 58.6 Å². The summed E-state index contributed by atoms with van der Waals surface area (Å²) in [6.45, 7) is 5.36. The Morgan fingerprint density at radius 1 is 1.28 bits per heavy atom. The quantitative estimate of drug-likeness (QED) is 0.742. The van der Waals surface area contributed by atoms with Crippen LogP contribution in [0.3, 0.4) is 0 Å². The fraction of sp³-hybridized carbons (Fsp3) is 0.917. The van der Waals surface area contributed by atoms with Gasteiger partial charge in [0.2, 0.25) is 0 Å². The Morgan fingerprint density at radius 2 is 1.89 bits per heavy atom. The van der Waals surface area contributed by atoms with Crippen molar-refractivity contribution in [3.8, 4) is 0 Å². The number of rotatable bonds is 2. The summed E-state index contributed by atoms with van der Waals surface area (Å²) in [6, 6.07) is 0. The van der Waals surface area contributed by atoms with Crippen LogP contribution in [0.15, 0.2) is 0 Å². The van der Waals surface area contributed by atoms with Crippen LogP contribution in [0.25, 0.3) is 0 Å². The third-order valence-corrected chi connectivity index (χ3v) is 2.90. The summed E-state index contributed by atoms with van der Waals surface area (Å²) in [4.78, 5) is 11.5. The molecule has 1 rings (SSSR count). The number of carbonyl (C=O) groups excluding carboxylic acids is 1. The average molecular weight is 265 g/mol. The van der Waals surface area contributed by atoms with Crippen LogP contribution in [0.5, 0.6) is 0 Å². The molecular formula is C12H21F2NO3. The van der Waals surface area contributed by atoms with Crippen molar-refractivity contribution < 1.29 is 23.4 Å². The van der Waals surface area contributed by atoms with Gasteiger partial charge in [0.15, 0.2) is 0 Å². The zero-order chi connectivity index (χ0) is 14.0. The molecule has 1 fully saturated rings. The van der Waals surface area contributed by atoms with E-state index in [1.54, 1.807) is 0 Å². The molecule has 0 aliphatic carbocycles. The summed E-state index contributed by atoms with van der Waals surface area (Å²) >= 11 is 0. The van der Waals surface area contributed by atoms with E-state index in [1.165, 1.54) is 20.8 Å². The van der Waals surface area contributed by atoms with E-state index in [0.717, 1.165) is 0 Å². The highest BCUT2D eigenvalue weighted by molar-refractivity contribution is 5.79. The second kappa shape index (κ2) is 5.09. The van der Waals surface area contributed by atoms with Crippen LogP contribution in [-0.2, 0) is 9.53 Å². The normalized spacial score (nSPS) is 26.6. The van der Waals surface area contributed by atoms with Crippen molar-refractivity contribution in [1.29, 1.82) is 0 Å². The van der Waals surface area contributed by atoms with E-state index in [0.29, 0.717) is 13.0 Å². The molecule has 1 unspecified atom stereocenters. The predicted molar refractivity (Wildman–Crippen MR) is 62.5 cm³/mol. The van der Waals surface area contributed by atoms with Crippen LogP contribution in [-0.4, -0.2) is 41.3 Å². The first-order valence-corrected chi connectivity index (χ1v) is 6.13. The first-order valence-electron chi connectivity index (χ1n) is 6.13. The maximum atomic E-state index is 14.0. The molecule has 1 aliphatic rings. The van der Waals surface area contributed by atoms with Gasteiger partial charge >= 0.3 is 11.9 Å². The third-order valence-electron chi connectivity index (χ3n) is 2.90. The Labute approximate surface area is 106 Å². The summed E-state index contributed by atoms with van der Waals surface area (Å²) < 4.78 is 32.8. The molecule has 0 bridgehead atoms. The number of ether oxygens (including phenoxy) is 1. The highest BCUT2D eigenvalue weighted by Gasteiger charge is 2.59. The van der Waals surface area contributed by atoms with Gasteiger partial charge in [-0.1, -0.05) is 0 Å². The Balaban J connectivity index is 2.85. The molecule has 106 valence electrons. The number of nitrogens with one attached hydrogen (secondary N) is 1. The summed E-state index contributed by atoms with van der Waals surface area (Å²) in [5.74, 6) is -5.54. The molecule has 0 aromatic rings. The minimum atomic E-state index is -3.88. The van der Waals surface area contributed by atoms with Crippen molar-refractivity contribution in [3.05, 3.63) is 0 Å². The minimum absolute atomic E-state index is 0.119. The van der Waals surface area contributed by atoms with Crippen molar-refractivity contribution in [2.45, 2.75) is 57.2 Å². The molecule has 0 saturated carbocycles. The van der Waals surface area contributed by atoms with Crippen LogP contribution in [0.2, 0.25) is 0 Å². The summed E-state index contributed by atoms with van der Waals surface area (Å²) in [6.07, 6.45) is 0.111. The number of carbonyl (C=O) groups is 1. The SMILES string of the molecule is CC(C)(C)OC(=O)C(F)(F)C1(O)CCCNCC1. The van der Waals surface area contributed by atoms with E-state index >= 15 is 0 Å². The molecule has 0 amide bonds. The summed E-state index contributed by atoms with van der Waals surface area (Å²) in [7, 11) is 0. The standard InChI is InChI=1S/C12H21F2NO3/c1-10(2,3)18-9(16)12(13,14)11(17)5-4-7-15-8-6-11/h15,17H,4-8H2,1-3H3. The second-order valence-electron chi connectivity index (χ2n) is 5.71. The number of hydrogen-bond acceptors (Lipinski definition) is 4. The number of alkyl halides is 2. The van der Waals surface area contributed by atoms with Gasteiger partial charge in [-0.15, -0.1) is 0 Å². The largest absolute Gasteiger partial charge is 0.455 e. The number of halogens is 2. The number of esters is 1. The van der Waals surface area contributed by atoms with Crippen LogP contribution in [0.4, 0.5) is 8.78 Å². The zero-order valence-electron chi connectivity index (χ0n) is 11.1. The van der Waals surface area contributed by atoms with Crippen molar-refractivity contribution >= 4 is 5.97 Å². The molecule has 18 heavy (non-hydrogen) atoms. The predicted octanol–water partition coefficient (Wildman–Crippen LogP) is 1.47. The first-order chi connectivity index (χ1) is 8.08. The van der Waals surface area contributed by atoms with Crippen LogP contribution >= 0.6 is 0 Å². The fourth-order valence-electron chi connectivity index (χ4n) is 1.90. The van der Waals surface area contributed by atoms with Gasteiger partial charge in [0.25, 0.3) is 0 Å². The van der Waals surface area contributed by atoms with Gasteiger partial charge in [-0.2, -0.15) is 8.78 Å². The Hall–Kier alpha value is -0.750. The molecule has 0 spiro atoms. The molecule has 1 saturated heterocycles. The van der Waals surface area contributed by atoms with E-state index < -0.39 is 23.1 Å². The minimum Gasteiger partial charge on any atom is -0.455 e. The maximum Gasteiger partial charge on any atom is 0.380 e. The first kappa shape index (κ1) is 15.3. The smallest absolute Gasteiger partial charge is 0.380 e. The van der Waals surface area contributed by atoms with Gasteiger partial charge in [0.1, 0.15) is 11.2 Å². The molecule has 4 nitrogen and oxygen atoms in total. The van der Waals surface area contributed by atoms with Crippen molar-refractivity contribution in [2.75, 3.05) is 13.1 Å². The molecule has 0 radical (unpaired) electrons. The molecule has 6 heteroatoms. The van der Waals surface area contributed by atoms with E-state index in [1.807, 2.05) is 0 Å². The van der Waals surface area contributed by atoms with Crippen LogP contribution in [0, 0.1) is 0 Å². The second-order valence-corrected chi connectivity index (χ2v) is 5.71. The van der Waals surface area contributed by atoms with Crippen molar-refractivity contribution in [3.63, 3.8) is 0 Å². The molecular weight excluding hydrogens is 244 g/mol. The number of aliphatic hydroxyl groups is 1. The molecule has 0 aromatic heterocycles. The molecule has 2 N–H and O–H groups in total. The van der Waals surface area contributed by atoms with Crippen molar-refractivity contribution in [2.24, 2.45) is 0 Å². The monoisotopic (exact) mass is 265 g/mol. The highest BCUT2D eigenvalue weighted by Crippen LogP contribution is 2.38. The van der Waals surface area contributed by atoms with Gasteiger partial charge < -0.3 is 15.2 Å². The molecule has 1 atom stereocenters. The summed E-state index contributed by atoms with van der Waals surface area (Å²) in [5.41, 5.74) is -3.32. The van der Waals surface area contributed by atoms with Gasteiger partial charge in [-0.05, 0) is 53.1 Å².